The number of carbonyl (C=O) groups is 2. The van der Waals surface area contributed by atoms with Crippen LogP contribution in [-0.4, -0.2) is 38.9 Å². The molecule has 0 fully saturated rings. The van der Waals surface area contributed by atoms with E-state index in [0.29, 0.717) is 17.4 Å². The molecule has 4 heterocycles. The summed E-state index contributed by atoms with van der Waals surface area (Å²) in [6.07, 6.45) is 3.40. The number of amides is 2. The Morgan fingerprint density at radius 3 is 2.61 bits per heavy atom. The molecule has 1 atom stereocenters. The number of rotatable bonds is 7. The molecule has 0 radical (unpaired) electrons. The van der Waals surface area contributed by atoms with E-state index in [1.165, 1.54) is 0 Å². The van der Waals surface area contributed by atoms with Crippen molar-refractivity contribution < 1.29 is 9.59 Å². The van der Waals surface area contributed by atoms with Gasteiger partial charge in [0, 0.05) is 35.1 Å². The Labute approximate surface area is 251 Å². The van der Waals surface area contributed by atoms with E-state index in [1.807, 2.05) is 73.0 Å². The van der Waals surface area contributed by atoms with Gasteiger partial charge in [-0.1, -0.05) is 47.5 Å². The summed E-state index contributed by atoms with van der Waals surface area (Å²) in [7, 11) is 0. The van der Waals surface area contributed by atoms with Gasteiger partial charge in [0.15, 0.2) is 0 Å². The molecule has 1 unspecified atom stereocenters. The van der Waals surface area contributed by atoms with E-state index in [9.17, 15) is 9.59 Å². The number of nitrogens with one attached hydrogen (secondary N) is 1. The van der Waals surface area contributed by atoms with Crippen LogP contribution in [0.5, 0.6) is 0 Å². The average Bonchev–Trinajstić information content (AvgIpc) is 3.63. The Balaban J connectivity index is 1.50. The number of halogens is 1. The molecule has 1 aliphatic heterocycles. The van der Waals surface area contributed by atoms with E-state index in [-0.39, 0.29) is 29.4 Å². The third-order valence-electron chi connectivity index (χ3n) is 6.85. The van der Waals surface area contributed by atoms with Crippen LogP contribution < -0.4 is 10.2 Å². The lowest BCUT2D eigenvalue weighted by Gasteiger charge is -2.23. The first-order valence-electron chi connectivity index (χ1n) is 13.0. The van der Waals surface area contributed by atoms with Gasteiger partial charge in [0.1, 0.15) is 12.4 Å². The first-order chi connectivity index (χ1) is 20.0. The first kappa shape index (κ1) is 27.3. The Hall–Kier alpha value is -3.92. The number of anilines is 1. The van der Waals surface area contributed by atoms with Crippen LogP contribution in [0.15, 0.2) is 89.9 Å². The van der Waals surface area contributed by atoms with Crippen molar-refractivity contribution in [3.05, 3.63) is 117 Å². The molecule has 2 amide bonds. The van der Waals surface area contributed by atoms with Gasteiger partial charge >= 0.3 is 0 Å². The average molecular weight is 600 g/mol. The summed E-state index contributed by atoms with van der Waals surface area (Å²) in [4.78, 5) is 32.8. The Kier molecular flexibility index (Phi) is 7.91. The van der Waals surface area contributed by atoms with Crippen LogP contribution >= 0.6 is 34.7 Å². The second-order valence-electron chi connectivity index (χ2n) is 9.71. The van der Waals surface area contributed by atoms with Crippen LogP contribution in [0.3, 0.4) is 0 Å². The van der Waals surface area contributed by atoms with Crippen molar-refractivity contribution in [1.29, 1.82) is 0 Å². The van der Waals surface area contributed by atoms with Gasteiger partial charge in [-0.05, 0) is 65.2 Å². The van der Waals surface area contributed by atoms with E-state index < -0.39 is 0 Å². The van der Waals surface area contributed by atoms with Crippen molar-refractivity contribution in [2.24, 2.45) is 0 Å². The van der Waals surface area contributed by atoms with Gasteiger partial charge in [-0.2, -0.15) is 16.4 Å². The molecule has 0 spiro atoms. The predicted molar refractivity (Wildman–Crippen MR) is 166 cm³/mol. The van der Waals surface area contributed by atoms with E-state index in [0.717, 1.165) is 39.2 Å². The van der Waals surface area contributed by atoms with Crippen LogP contribution in [-0.2, 0) is 16.1 Å². The highest BCUT2D eigenvalue weighted by Crippen LogP contribution is 2.49. The number of hydrogen-bond donors (Lipinski definition) is 1. The SMILES string of the molecule is Cc1ccc(-n2nc(-c3ccc(Cl)cc3)c3c2N(CC(=O)NCc2cccnc2)C(=O)CSC3c2ccsc2)cc1. The molecular formula is C31H26ClN5O2S2. The zero-order valence-electron chi connectivity index (χ0n) is 22.2. The third-order valence-corrected chi connectivity index (χ3v) is 9.05. The molecule has 0 bridgehead atoms. The van der Waals surface area contributed by atoms with E-state index in [2.05, 4.69) is 21.7 Å². The number of aromatic nitrogens is 3. The zero-order chi connectivity index (χ0) is 28.3. The third kappa shape index (κ3) is 5.79. The lowest BCUT2D eigenvalue weighted by Crippen LogP contribution is -2.42. The fraction of sp³-hybridized carbons (Fsp3) is 0.161. The fourth-order valence-electron chi connectivity index (χ4n) is 4.80. The molecule has 7 nitrogen and oxygen atoms in total. The summed E-state index contributed by atoms with van der Waals surface area (Å²) in [5.41, 5.74) is 6.41. The Morgan fingerprint density at radius 2 is 1.90 bits per heavy atom. The van der Waals surface area contributed by atoms with Crippen LogP contribution in [0, 0.1) is 6.92 Å². The number of benzene rings is 2. The molecule has 2 aromatic carbocycles. The molecule has 41 heavy (non-hydrogen) atoms. The molecular weight excluding hydrogens is 574 g/mol. The van der Waals surface area contributed by atoms with E-state index in [1.54, 1.807) is 45.1 Å². The molecule has 0 saturated heterocycles. The van der Waals surface area contributed by atoms with Crippen LogP contribution in [0.4, 0.5) is 5.82 Å². The minimum absolute atomic E-state index is 0.138. The fourth-order valence-corrected chi connectivity index (χ4v) is 6.88. The van der Waals surface area contributed by atoms with Gasteiger partial charge in [0.05, 0.1) is 22.4 Å². The number of pyridine rings is 1. The summed E-state index contributed by atoms with van der Waals surface area (Å²) in [5.74, 6) is 0.402. The maximum atomic E-state index is 13.8. The molecule has 6 rings (SSSR count). The number of aryl methyl sites for hydroxylation is 1. The molecule has 3 aromatic heterocycles. The maximum Gasteiger partial charge on any atom is 0.240 e. The monoisotopic (exact) mass is 599 g/mol. The van der Waals surface area contributed by atoms with Gasteiger partial charge in [-0.25, -0.2) is 4.68 Å². The maximum absolute atomic E-state index is 13.8. The summed E-state index contributed by atoms with van der Waals surface area (Å²) in [6.45, 7) is 2.21. The second kappa shape index (κ2) is 11.9. The summed E-state index contributed by atoms with van der Waals surface area (Å²) in [5, 5.41) is 12.7. The molecule has 0 aliphatic carbocycles. The van der Waals surface area contributed by atoms with Gasteiger partial charge in [0.2, 0.25) is 11.8 Å². The van der Waals surface area contributed by atoms with Crippen LogP contribution in [0.1, 0.15) is 27.5 Å². The van der Waals surface area contributed by atoms with Gasteiger partial charge < -0.3 is 5.32 Å². The first-order valence-corrected chi connectivity index (χ1v) is 15.4. The largest absolute Gasteiger partial charge is 0.350 e. The number of fused-ring (bicyclic) bond motifs is 1. The molecule has 1 aliphatic rings. The van der Waals surface area contributed by atoms with Crippen LogP contribution in [0.25, 0.3) is 16.9 Å². The van der Waals surface area contributed by atoms with Crippen molar-refractivity contribution in [2.75, 3.05) is 17.2 Å². The lowest BCUT2D eigenvalue weighted by molar-refractivity contribution is -0.123. The van der Waals surface area contributed by atoms with E-state index in [4.69, 9.17) is 16.7 Å². The van der Waals surface area contributed by atoms with Gasteiger partial charge in [-0.15, -0.1) is 11.8 Å². The standard InChI is InChI=1S/C31H26ClN5O2S2/c1-20-4-10-25(11-5-20)37-31-28(29(35-37)22-6-8-24(32)9-7-22)30(23-12-14-40-18-23)41-19-27(39)36(31)17-26(38)34-16-21-3-2-13-33-15-21/h2-15,18,30H,16-17,19H2,1H3,(H,34,38). The van der Waals surface area contributed by atoms with Crippen molar-refractivity contribution in [3.8, 4) is 16.9 Å². The summed E-state index contributed by atoms with van der Waals surface area (Å²) in [6, 6.07) is 21.4. The smallest absolute Gasteiger partial charge is 0.240 e. The highest BCUT2D eigenvalue weighted by Gasteiger charge is 2.37. The number of nitrogens with zero attached hydrogens (tertiary/aromatic N) is 4. The predicted octanol–water partition coefficient (Wildman–Crippen LogP) is 6.44. The van der Waals surface area contributed by atoms with E-state index >= 15 is 0 Å². The molecule has 5 aromatic rings. The van der Waals surface area contributed by atoms with Crippen molar-refractivity contribution in [3.63, 3.8) is 0 Å². The quantitative estimate of drug-likeness (QED) is 0.233. The number of thiophene rings is 1. The summed E-state index contributed by atoms with van der Waals surface area (Å²) >= 11 is 9.41. The number of thioether (sulfide) groups is 1. The molecule has 0 saturated carbocycles. The minimum atomic E-state index is -0.267. The van der Waals surface area contributed by atoms with Crippen molar-refractivity contribution in [1.82, 2.24) is 20.1 Å². The topological polar surface area (TPSA) is 80.1 Å². The number of hydrogen-bond acceptors (Lipinski definition) is 6. The van der Waals surface area contributed by atoms with Crippen molar-refractivity contribution >= 4 is 52.3 Å². The van der Waals surface area contributed by atoms with Crippen molar-refractivity contribution in [2.45, 2.75) is 18.7 Å². The zero-order valence-corrected chi connectivity index (χ0v) is 24.5. The second-order valence-corrected chi connectivity index (χ2v) is 12.0. The lowest BCUT2D eigenvalue weighted by atomic mass is 10.0. The molecule has 1 N–H and O–H groups in total. The Bertz CT molecular complexity index is 1670. The van der Waals surface area contributed by atoms with Gasteiger partial charge in [-0.3, -0.25) is 19.5 Å². The highest BCUT2D eigenvalue weighted by atomic mass is 35.5. The summed E-state index contributed by atoms with van der Waals surface area (Å²) < 4.78 is 1.80. The van der Waals surface area contributed by atoms with Crippen LogP contribution in [0.2, 0.25) is 5.02 Å². The highest BCUT2D eigenvalue weighted by molar-refractivity contribution is 8.00. The minimum Gasteiger partial charge on any atom is -0.350 e. The number of carbonyl (C=O) groups excluding carboxylic acids is 2. The molecule has 10 heteroatoms. The van der Waals surface area contributed by atoms with Gasteiger partial charge in [0.25, 0.3) is 0 Å². The Morgan fingerprint density at radius 1 is 1.10 bits per heavy atom. The molecule has 206 valence electrons. The normalized spacial score (nSPS) is 14.9.